The summed E-state index contributed by atoms with van der Waals surface area (Å²) in [6, 6.07) is 17.9. The zero-order valence-electron chi connectivity index (χ0n) is 16.1. The first-order chi connectivity index (χ1) is 14.1. The fourth-order valence-electron chi connectivity index (χ4n) is 2.73. The lowest BCUT2D eigenvalue weighted by atomic mass is 10.1. The molecule has 150 valence electrons. The van der Waals surface area contributed by atoms with E-state index < -0.39 is 18.0 Å². The van der Waals surface area contributed by atoms with Crippen molar-refractivity contribution >= 4 is 23.2 Å². The molecule has 0 spiro atoms. The van der Waals surface area contributed by atoms with E-state index in [1.54, 1.807) is 35.7 Å². The first-order valence-electron chi connectivity index (χ1n) is 8.90. The number of thiophene rings is 1. The SMILES string of the molecule is COc1ccc([C@@H](OC(=O)c2cccs2)C(=O)NCc2ccccc2)cc1OC. The van der Waals surface area contributed by atoms with Crippen LogP contribution in [-0.2, 0) is 16.1 Å². The molecule has 0 fully saturated rings. The maximum absolute atomic E-state index is 12.9. The van der Waals surface area contributed by atoms with Crippen LogP contribution in [0.15, 0.2) is 66.0 Å². The summed E-state index contributed by atoms with van der Waals surface area (Å²) in [5, 5.41) is 4.60. The van der Waals surface area contributed by atoms with Gasteiger partial charge in [-0.1, -0.05) is 42.5 Å². The lowest BCUT2D eigenvalue weighted by Crippen LogP contribution is -2.31. The molecule has 3 rings (SSSR count). The number of benzene rings is 2. The number of hydrogen-bond acceptors (Lipinski definition) is 6. The molecule has 0 aliphatic rings. The first-order valence-corrected chi connectivity index (χ1v) is 9.78. The molecule has 6 nitrogen and oxygen atoms in total. The third-order valence-electron chi connectivity index (χ3n) is 4.21. The Kier molecular flexibility index (Phi) is 6.86. The van der Waals surface area contributed by atoms with Crippen LogP contribution < -0.4 is 14.8 Å². The fourth-order valence-corrected chi connectivity index (χ4v) is 3.33. The molecule has 0 radical (unpaired) electrons. The number of nitrogens with one attached hydrogen (secondary N) is 1. The van der Waals surface area contributed by atoms with Gasteiger partial charge >= 0.3 is 5.97 Å². The molecule has 0 bridgehead atoms. The maximum Gasteiger partial charge on any atom is 0.349 e. The summed E-state index contributed by atoms with van der Waals surface area (Å²) < 4.78 is 16.1. The Hall–Kier alpha value is -3.32. The van der Waals surface area contributed by atoms with Crippen LogP contribution in [0.25, 0.3) is 0 Å². The van der Waals surface area contributed by atoms with Crippen LogP contribution >= 0.6 is 11.3 Å². The number of amides is 1. The van der Waals surface area contributed by atoms with Gasteiger partial charge in [-0.15, -0.1) is 11.3 Å². The minimum atomic E-state index is -1.13. The average Bonchev–Trinajstić information content (AvgIpc) is 3.31. The zero-order chi connectivity index (χ0) is 20.6. The van der Waals surface area contributed by atoms with Crippen molar-refractivity contribution in [2.75, 3.05) is 14.2 Å². The number of esters is 1. The summed E-state index contributed by atoms with van der Waals surface area (Å²) in [6.45, 7) is 0.319. The van der Waals surface area contributed by atoms with Crippen molar-refractivity contribution in [1.82, 2.24) is 5.32 Å². The van der Waals surface area contributed by atoms with E-state index in [9.17, 15) is 9.59 Å². The van der Waals surface area contributed by atoms with Gasteiger partial charge in [0.15, 0.2) is 11.5 Å². The van der Waals surface area contributed by atoms with Gasteiger partial charge in [0.25, 0.3) is 5.91 Å². The van der Waals surface area contributed by atoms with Crippen LogP contribution in [0.1, 0.15) is 26.9 Å². The van der Waals surface area contributed by atoms with Crippen molar-refractivity contribution in [3.05, 3.63) is 82.0 Å². The number of carbonyl (C=O) groups is 2. The Morgan fingerprint density at radius 3 is 2.38 bits per heavy atom. The summed E-state index contributed by atoms with van der Waals surface area (Å²) in [5.41, 5.74) is 1.43. The highest BCUT2D eigenvalue weighted by molar-refractivity contribution is 7.11. The Morgan fingerprint density at radius 2 is 1.72 bits per heavy atom. The normalized spacial score (nSPS) is 11.4. The van der Waals surface area contributed by atoms with E-state index in [4.69, 9.17) is 14.2 Å². The summed E-state index contributed by atoms with van der Waals surface area (Å²) >= 11 is 1.25. The minimum Gasteiger partial charge on any atom is -0.493 e. The average molecular weight is 411 g/mol. The number of carbonyl (C=O) groups excluding carboxylic acids is 2. The topological polar surface area (TPSA) is 73.9 Å². The van der Waals surface area contributed by atoms with E-state index in [0.717, 1.165) is 5.56 Å². The third kappa shape index (κ3) is 5.14. The van der Waals surface area contributed by atoms with E-state index in [1.807, 2.05) is 30.3 Å². The van der Waals surface area contributed by atoms with E-state index in [0.29, 0.717) is 28.5 Å². The molecule has 0 aliphatic carbocycles. The van der Waals surface area contributed by atoms with Crippen LogP contribution in [0, 0.1) is 0 Å². The molecule has 3 aromatic rings. The molecule has 0 aliphatic heterocycles. The summed E-state index contributed by atoms with van der Waals surface area (Å²) in [6.07, 6.45) is -1.13. The molecule has 2 aromatic carbocycles. The molecule has 1 aromatic heterocycles. The van der Waals surface area contributed by atoms with E-state index in [1.165, 1.54) is 25.6 Å². The lowest BCUT2D eigenvalue weighted by molar-refractivity contribution is -0.130. The molecule has 0 saturated heterocycles. The highest BCUT2D eigenvalue weighted by Crippen LogP contribution is 2.32. The lowest BCUT2D eigenvalue weighted by Gasteiger charge is -2.19. The second kappa shape index (κ2) is 9.75. The fraction of sp³-hybridized carbons (Fsp3) is 0.182. The van der Waals surface area contributed by atoms with Crippen molar-refractivity contribution in [3.8, 4) is 11.5 Å². The Balaban J connectivity index is 1.84. The molecule has 1 atom stereocenters. The van der Waals surface area contributed by atoms with Crippen LogP contribution in [0.4, 0.5) is 0 Å². The Morgan fingerprint density at radius 1 is 0.966 bits per heavy atom. The van der Waals surface area contributed by atoms with Gasteiger partial charge in [0, 0.05) is 12.1 Å². The van der Waals surface area contributed by atoms with Crippen molar-refractivity contribution in [2.45, 2.75) is 12.6 Å². The van der Waals surface area contributed by atoms with Crippen LogP contribution in [-0.4, -0.2) is 26.1 Å². The van der Waals surface area contributed by atoms with E-state index >= 15 is 0 Å². The maximum atomic E-state index is 12.9. The smallest absolute Gasteiger partial charge is 0.349 e. The molecular weight excluding hydrogens is 390 g/mol. The summed E-state index contributed by atoms with van der Waals surface area (Å²) in [5.74, 6) is -0.0251. The Bertz CT molecular complexity index is 957. The van der Waals surface area contributed by atoms with Crippen LogP contribution in [0.3, 0.4) is 0 Å². The third-order valence-corrected chi connectivity index (χ3v) is 5.06. The van der Waals surface area contributed by atoms with Gasteiger partial charge in [-0.05, 0) is 29.1 Å². The number of hydrogen-bond donors (Lipinski definition) is 1. The van der Waals surface area contributed by atoms with Gasteiger partial charge in [0.05, 0.1) is 14.2 Å². The second-order valence-electron chi connectivity index (χ2n) is 6.08. The highest BCUT2D eigenvalue weighted by Gasteiger charge is 2.27. The van der Waals surface area contributed by atoms with Crippen molar-refractivity contribution in [1.29, 1.82) is 0 Å². The summed E-state index contributed by atoms with van der Waals surface area (Å²) in [4.78, 5) is 25.8. The number of methoxy groups -OCH3 is 2. The number of ether oxygens (including phenoxy) is 3. The standard InChI is InChI=1S/C22H21NO5S/c1-26-17-11-10-16(13-18(17)27-2)20(28-22(25)19-9-6-12-29-19)21(24)23-14-15-7-4-3-5-8-15/h3-13,20H,14H2,1-2H3,(H,23,24)/t20-/m1/s1. The number of rotatable bonds is 8. The van der Waals surface area contributed by atoms with Gasteiger partial charge in [0.1, 0.15) is 4.88 Å². The van der Waals surface area contributed by atoms with Crippen molar-refractivity contribution < 1.29 is 23.8 Å². The van der Waals surface area contributed by atoms with Crippen LogP contribution in [0.5, 0.6) is 11.5 Å². The molecule has 1 amide bonds. The molecule has 7 heteroatoms. The van der Waals surface area contributed by atoms with Gasteiger partial charge in [-0.25, -0.2) is 4.79 Å². The highest BCUT2D eigenvalue weighted by atomic mass is 32.1. The van der Waals surface area contributed by atoms with Crippen molar-refractivity contribution in [2.24, 2.45) is 0 Å². The van der Waals surface area contributed by atoms with E-state index in [-0.39, 0.29) is 0 Å². The monoisotopic (exact) mass is 411 g/mol. The minimum absolute atomic E-state index is 0.319. The van der Waals surface area contributed by atoms with Crippen LogP contribution in [0.2, 0.25) is 0 Å². The van der Waals surface area contributed by atoms with Gasteiger partial charge in [0.2, 0.25) is 6.10 Å². The second-order valence-corrected chi connectivity index (χ2v) is 7.03. The van der Waals surface area contributed by atoms with Gasteiger partial charge in [-0.3, -0.25) is 4.79 Å². The largest absolute Gasteiger partial charge is 0.493 e. The predicted molar refractivity (Wildman–Crippen MR) is 110 cm³/mol. The molecule has 1 N–H and O–H groups in total. The summed E-state index contributed by atoms with van der Waals surface area (Å²) in [7, 11) is 3.03. The van der Waals surface area contributed by atoms with Crippen molar-refractivity contribution in [3.63, 3.8) is 0 Å². The predicted octanol–water partition coefficient (Wildman–Crippen LogP) is 3.98. The molecule has 0 saturated carbocycles. The molecule has 29 heavy (non-hydrogen) atoms. The zero-order valence-corrected chi connectivity index (χ0v) is 16.9. The molecular formula is C22H21NO5S. The molecule has 0 unspecified atom stereocenters. The van der Waals surface area contributed by atoms with E-state index in [2.05, 4.69) is 5.32 Å². The quantitative estimate of drug-likeness (QED) is 0.568. The van der Waals surface area contributed by atoms with Gasteiger partial charge < -0.3 is 19.5 Å². The first kappa shape index (κ1) is 20.4. The molecule has 1 heterocycles. The van der Waals surface area contributed by atoms with Gasteiger partial charge in [-0.2, -0.15) is 0 Å². The Labute approximate surface area is 173 Å².